The van der Waals surface area contributed by atoms with Gasteiger partial charge in [-0.2, -0.15) is 4.98 Å². The van der Waals surface area contributed by atoms with Crippen molar-refractivity contribution in [1.29, 1.82) is 0 Å². The second kappa shape index (κ2) is 6.84. The monoisotopic (exact) mass is 339 g/mol. The largest absolute Gasteiger partial charge is 0.368 e. The Morgan fingerprint density at radius 2 is 1.80 bits per heavy atom. The van der Waals surface area contributed by atoms with E-state index in [0.29, 0.717) is 5.95 Å². The van der Waals surface area contributed by atoms with Crippen molar-refractivity contribution in [1.82, 2.24) is 20.3 Å². The van der Waals surface area contributed by atoms with Crippen LogP contribution in [0.3, 0.4) is 0 Å². The topological polar surface area (TPSA) is 83.2 Å². The first-order valence-corrected chi connectivity index (χ1v) is 8.99. The molecular formula is C18H25N7. The number of hydrogen-bond acceptors (Lipinski definition) is 7. The number of pyridine rings is 1. The number of rotatable bonds is 2. The molecule has 2 aromatic rings. The number of nitrogens with two attached hydrogens (primary N) is 1. The summed E-state index contributed by atoms with van der Waals surface area (Å²) < 4.78 is 0. The number of nitrogens with zero attached hydrogens (tertiary/aromatic N) is 5. The van der Waals surface area contributed by atoms with E-state index in [1.807, 2.05) is 12.3 Å². The first kappa shape index (κ1) is 16.1. The lowest BCUT2D eigenvalue weighted by molar-refractivity contribution is 0.637. The molecule has 7 heteroatoms. The van der Waals surface area contributed by atoms with Crippen molar-refractivity contribution in [2.24, 2.45) is 0 Å². The van der Waals surface area contributed by atoms with E-state index in [-0.39, 0.29) is 0 Å². The molecule has 1 saturated heterocycles. The van der Waals surface area contributed by atoms with Gasteiger partial charge in [0.25, 0.3) is 0 Å². The summed E-state index contributed by atoms with van der Waals surface area (Å²) in [4.78, 5) is 18.3. The highest BCUT2D eigenvalue weighted by molar-refractivity contribution is 5.54. The van der Waals surface area contributed by atoms with Gasteiger partial charge in [0.2, 0.25) is 5.95 Å². The molecule has 3 N–H and O–H groups in total. The predicted molar refractivity (Wildman–Crippen MR) is 100 cm³/mol. The van der Waals surface area contributed by atoms with E-state index >= 15 is 0 Å². The van der Waals surface area contributed by atoms with E-state index < -0.39 is 0 Å². The molecule has 0 bridgehead atoms. The number of nitrogen functional groups attached to an aromatic ring is 1. The van der Waals surface area contributed by atoms with Crippen molar-refractivity contribution in [3.05, 3.63) is 35.2 Å². The van der Waals surface area contributed by atoms with Crippen molar-refractivity contribution in [3.8, 4) is 0 Å². The summed E-state index contributed by atoms with van der Waals surface area (Å²) in [7, 11) is 0. The number of fused-ring (bicyclic) bond motifs is 1. The number of piperazine rings is 1. The summed E-state index contributed by atoms with van der Waals surface area (Å²) in [5.41, 5.74) is 9.60. The van der Waals surface area contributed by atoms with Gasteiger partial charge in [0, 0.05) is 50.9 Å². The second-order valence-corrected chi connectivity index (χ2v) is 6.75. The summed E-state index contributed by atoms with van der Waals surface area (Å²) in [6, 6.07) is 4.18. The molecule has 0 spiro atoms. The molecule has 0 radical (unpaired) electrons. The highest BCUT2D eigenvalue weighted by atomic mass is 15.3. The van der Waals surface area contributed by atoms with Crippen LogP contribution in [0.1, 0.15) is 16.8 Å². The van der Waals surface area contributed by atoms with Crippen LogP contribution in [0.4, 0.5) is 17.6 Å². The van der Waals surface area contributed by atoms with Crippen molar-refractivity contribution in [2.75, 3.05) is 54.8 Å². The van der Waals surface area contributed by atoms with Gasteiger partial charge in [0.1, 0.15) is 11.6 Å². The second-order valence-electron chi connectivity index (χ2n) is 6.75. The van der Waals surface area contributed by atoms with Crippen LogP contribution in [0.2, 0.25) is 0 Å². The van der Waals surface area contributed by atoms with Gasteiger partial charge >= 0.3 is 0 Å². The minimum atomic E-state index is 0.387. The maximum absolute atomic E-state index is 5.99. The Hall–Kier alpha value is -2.41. The molecule has 4 heterocycles. The van der Waals surface area contributed by atoms with Crippen molar-refractivity contribution < 1.29 is 0 Å². The van der Waals surface area contributed by atoms with Crippen LogP contribution >= 0.6 is 0 Å². The maximum Gasteiger partial charge on any atom is 0.222 e. The van der Waals surface area contributed by atoms with Gasteiger partial charge in [-0.3, -0.25) is 0 Å². The summed E-state index contributed by atoms with van der Waals surface area (Å²) in [5.74, 6) is 2.48. The van der Waals surface area contributed by atoms with Gasteiger partial charge in [-0.1, -0.05) is 0 Å². The van der Waals surface area contributed by atoms with Gasteiger partial charge in [-0.15, -0.1) is 0 Å². The lowest BCUT2D eigenvalue weighted by Crippen LogP contribution is -2.47. The van der Waals surface area contributed by atoms with Gasteiger partial charge in [-0.25, -0.2) is 9.97 Å². The lowest BCUT2D eigenvalue weighted by Gasteiger charge is -2.37. The van der Waals surface area contributed by atoms with Gasteiger partial charge in [0.15, 0.2) is 0 Å². The molecule has 0 aromatic carbocycles. The number of aromatic nitrogens is 3. The molecule has 0 unspecified atom stereocenters. The van der Waals surface area contributed by atoms with Crippen LogP contribution in [0.15, 0.2) is 18.3 Å². The Bertz CT molecular complexity index is 753. The fourth-order valence-electron chi connectivity index (χ4n) is 3.65. The first-order chi connectivity index (χ1) is 12.2. The van der Waals surface area contributed by atoms with Crippen molar-refractivity contribution in [3.63, 3.8) is 0 Å². The number of aryl methyl sites for hydroxylation is 1. The number of anilines is 3. The van der Waals surface area contributed by atoms with Gasteiger partial charge in [0.05, 0.1) is 5.69 Å². The third-order valence-corrected chi connectivity index (χ3v) is 4.98. The fourth-order valence-corrected chi connectivity index (χ4v) is 3.65. The zero-order valence-corrected chi connectivity index (χ0v) is 14.7. The third kappa shape index (κ3) is 3.37. The molecule has 0 aliphatic carbocycles. The summed E-state index contributed by atoms with van der Waals surface area (Å²) in [5, 5.41) is 3.43. The highest BCUT2D eigenvalue weighted by Gasteiger charge is 2.24. The van der Waals surface area contributed by atoms with E-state index in [9.17, 15) is 0 Å². The molecule has 0 atom stereocenters. The Morgan fingerprint density at radius 1 is 1.04 bits per heavy atom. The van der Waals surface area contributed by atoms with Crippen LogP contribution < -0.4 is 20.9 Å². The van der Waals surface area contributed by atoms with Crippen LogP contribution in [-0.2, 0) is 12.8 Å². The molecule has 2 aliphatic rings. The maximum atomic E-state index is 5.99. The molecule has 0 saturated carbocycles. The van der Waals surface area contributed by atoms with E-state index in [2.05, 4.69) is 43.1 Å². The van der Waals surface area contributed by atoms with Gasteiger partial charge < -0.3 is 20.9 Å². The molecule has 132 valence electrons. The summed E-state index contributed by atoms with van der Waals surface area (Å²) in [6.07, 6.45) is 3.77. The first-order valence-electron chi connectivity index (χ1n) is 8.99. The van der Waals surface area contributed by atoms with Gasteiger partial charge in [-0.05, 0) is 37.6 Å². The minimum Gasteiger partial charge on any atom is -0.368 e. The van der Waals surface area contributed by atoms with Crippen LogP contribution in [0.5, 0.6) is 0 Å². The summed E-state index contributed by atoms with van der Waals surface area (Å²) >= 11 is 0. The minimum absolute atomic E-state index is 0.387. The number of nitrogens with one attached hydrogen (secondary N) is 1. The highest BCUT2D eigenvalue weighted by Crippen LogP contribution is 2.26. The van der Waals surface area contributed by atoms with Crippen LogP contribution in [0, 0.1) is 6.92 Å². The van der Waals surface area contributed by atoms with Crippen LogP contribution in [0.25, 0.3) is 0 Å². The molecule has 1 fully saturated rings. The van der Waals surface area contributed by atoms with E-state index in [1.165, 1.54) is 11.1 Å². The zero-order chi connectivity index (χ0) is 17.2. The van der Waals surface area contributed by atoms with E-state index in [0.717, 1.165) is 69.4 Å². The Kier molecular flexibility index (Phi) is 4.40. The Labute approximate surface area is 148 Å². The molecular weight excluding hydrogens is 314 g/mol. The quantitative estimate of drug-likeness (QED) is 0.836. The average molecular weight is 339 g/mol. The zero-order valence-electron chi connectivity index (χ0n) is 14.7. The van der Waals surface area contributed by atoms with Crippen molar-refractivity contribution >= 4 is 17.6 Å². The molecule has 7 nitrogen and oxygen atoms in total. The molecule has 2 aromatic heterocycles. The molecule has 0 amide bonds. The molecule has 2 aliphatic heterocycles. The average Bonchev–Trinajstić information content (AvgIpc) is 2.86. The SMILES string of the molecule is Cc1ccnc(N2CCN(c3nc(N)nc4c3CCNCC4)CC2)c1. The Morgan fingerprint density at radius 3 is 2.60 bits per heavy atom. The standard InChI is InChI=1S/C18H25N7/c1-13-2-7-21-16(12-13)24-8-10-25(11-9-24)17-14-3-5-20-6-4-15(14)22-18(19)23-17/h2,7,12,20H,3-6,8-11H2,1H3,(H2,19,22,23). The lowest BCUT2D eigenvalue weighted by atomic mass is 10.1. The molecule has 4 rings (SSSR count). The summed E-state index contributed by atoms with van der Waals surface area (Å²) in [6.45, 7) is 7.75. The number of hydrogen-bond donors (Lipinski definition) is 2. The van der Waals surface area contributed by atoms with E-state index in [4.69, 9.17) is 5.73 Å². The van der Waals surface area contributed by atoms with Crippen molar-refractivity contribution in [2.45, 2.75) is 19.8 Å². The Balaban J connectivity index is 1.54. The third-order valence-electron chi connectivity index (χ3n) is 4.98. The normalized spacial score (nSPS) is 18.0. The predicted octanol–water partition coefficient (Wildman–Crippen LogP) is 0.777. The van der Waals surface area contributed by atoms with E-state index in [1.54, 1.807) is 0 Å². The molecule has 25 heavy (non-hydrogen) atoms. The fraction of sp³-hybridized carbons (Fsp3) is 0.500. The smallest absolute Gasteiger partial charge is 0.222 e. The van der Waals surface area contributed by atoms with Crippen LogP contribution in [-0.4, -0.2) is 54.2 Å².